The number of hydrogen-bond acceptors (Lipinski definition) is 3. The lowest BCUT2D eigenvalue weighted by atomic mass is 10.2. The predicted molar refractivity (Wildman–Crippen MR) is 80.9 cm³/mol. The fraction of sp³-hybridized carbons (Fsp3) is 0.533. The van der Waals surface area contributed by atoms with Crippen LogP contribution in [0.15, 0.2) is 29.2 Å². The minimum atomic E-state index is -0.724. The average molecular weight is 281 g/mol. The first-order chi connectivity index (χ1) is 9.06. The maximum absolute atomic E-state index is 11.3. The number of aliphatic carboxylic acids is 1. The lowest BCUT2D eigenvalue weighted by Crippen LogP contribution is -2.28. The molecule has 0 saturated heterocycles. The van der Waals surface area contributed by atoms with Gasteiger partial charge in [-0.15, -0.1) is 11.8 Å². The van der Waals surface area contributed by atoms with Gasteiger partial charge in [0.05, 0.1) is 0 Å². The summed E-state index contributed by atoms with van der Waals surface area (Å²) in [5.74, 6) is -0.724. The van der Waals surface area contributed by atoms with Gasteiger partial charge in [-0.2, -0.15) is 0 Å². The second-order valence-corrected chi connectivity index (χ2v) is 5.85. The molecule has 0 spiro atoms. The molecule has 1 atom stereocenters. The summed E-state index contributed by atoms with van der Waals surface area (Å²) in [6.07, 6.45) is 0.676. The highest BCUT2D eigenvalue weighted by Gasteiger charge is 2.19. The minimum Gasteiger partial charge on any atom is -0.480 e. The van der Waals surface area contributed by atoms with Crippen LogP contribution in [0, 0.1) is 6.92 Å². The summed E-state index contributed by atoms with van der Waals surface area (Å²) < 4.78 is 0. The Kier molecular flexibility index (Phi) is 6.95. The van der Waals surface area contributed by atoms with Crippen LogP contribution in [0.2, 0.25) is 0 Å². The first-order valence-corrected chi connectivity index (χ1v) is 7.63. The zero-order valence-corrected chi connectivity index (χ0v) is 12.7. The topological polar surface area (TPSA) is 40.5 Å². The molecular formula is C15H23NO2S. The van der Waals surface area contributed by atoms with Crippen molar-refractivity contribution >= 4 is 17.7 Å². The van der Waals surface area contributed by atoms with E-state index in [0.29, 0.717) is 6.42 Å². The Hall–Kier alpha value is -1.00. The van der Waals surface area contributed by atoms with E-state index in [1.807, 2.05) is 31.2 Å². The average Bonchev–Trinajstić information content (AvgIpc) is 2.40. The normalized spacial score (nSPS) is 12.6. The van der Waals surface area contributed by atoms with E-state index in [2.05, 4.69) is 18.7 Å². The second kappa shape index (κ2) is 8.23. The highest BCUT2D eigenvalue weighted by molar-refractivity contribution is 8.00. The fourth-order valence-corrected chi connectivity index (χ4v) is 2.80. The van der Waals surface area contributed by atoms with Crippen LogP contribution in [-0.2, 0) is 4.79 Å². The van der Waals surface area contributed by atoms with Crippen LogP contribution in [-0.4, -0.2) is 40.9 Å². The number of carboxylic acids is 1. The first kappa shape index (κ1) is 16.1. The summed E-state index contributed by atoms with van der Waals surface area (Å²) >= 11 is 1.44. The van der Waals surface area contributed by atoms with Crippen LogP contribution < -0.4 is 0 Å². The molecule has 0 aliphatic carbocycles. The van der Waals surface area contributed by atoms with Crippen molar-refractivity contribution in [2.24, 2.45) is 0 Å². The van der Waals surface area contributed by atoms with Gasteiger partial charge in [-0.1, -0.05) is 31.5 Å². The molecule has 0 aromatic heterocycles. The second-order valence-electron chi connectivity index (χ2n) is 4.57. The van der Waals surface area contributed by atoms with Crippen molar-refractivity contribution in [2.45, 2.75) is 37.3 Å². The van der Waals surface area contributed by atoms with Crippen LogP contribution >= 0.6 is 11.8 Å². The van der Waals surface area contributed by atoms with E-state index < -0.39 is 5.97 Å². The van der Waals surface area contributed by atoms with Gasteiger partial charge in [0, 0.05) is 4.90 Å². The zero-order chi connectivity index (χ0) is 14.3. The number of thioether (sulfide) groups is 1. The van der Waals surface area contributed by atoms with Crippen molar-refractivity contribution in [3.8, 4) is 0 Å². The summed E-state index contributed by atoms with van der Waals surface area (Å²) in [5, 5.41) is 8.94. The Morgan fingerprint density at radius 1 is 1.26 bits per heavy atom. The largest absolute Gasteiger partial charge is 0.480 e. The van der Waals surface area contributed by atoms with Crippen molar-refractivity contribution < 1.29 is 9.90 Å². The molecule has 0 radical (unpaired) electrons. The maximum Gasteiger partial charge on any atom is 0.317 e. The molecule has 0 aliphatic heterocycles. The molecule has 106 valence electrons. The van der Waals surface area contributed by atoms with Crippen LogP contribution in [0.1, 0.15) is 25.8 Å². The number of aryl methyl sites for hydroxylation is 1. The van der Waals surface area contributed by atoms with Gasteiger partial charge >= 0.3 is 5.97 Å². The van der Waals surface area contributed by atoms with E-state index >= 15 is 0 Å². The van der Waals surface area contributed by atoms with Crippen molar-refractivity contribution in [1.29, 1.82) is 0 Å². The molecule has 3 nitrogen and oxygen atoms in total. The lowest BCUT2D eigenvalue weighted by molar-refractivity contribution is -0.136. The van der Waals surface area contributed by atoms with E-state index in [9.17, 15) is 9.90 Å². The molecule has 0 heterocycles. The van der Waals surface area contributed by atoms with Crippen LogP contribution in [0.4, 0.5) is 0 Å². The highest BCUT2D eigenvalue weighted by Crippen LogP contribution is 2.26. The summed E-state index contributed by atoms with van der Waals surface area (Å²) in [7, 11) is 0. The van der Waals surface area contributed by atoms with Crippen LogP contribution in [0.25, 0.3) is 0 Å². The van der Waals surface area contributed by atoms with Crippen molar-refractivity contribution in [2.75, 3.05) is 19.6 Å². The SMILES string of the molecule is CCN(CC)CCC(Sc1ccc(C)cc1)C(=O)O. The summed E-state index contributed by atoms with van der Waals surface area (Å²) in [6.45, 7) is 9.02. The van der Waals surface area contributed by atoms with Gasteiger partial charge < -0.3 is 10.0 Å². The van der Waals surface area contributed by atoms with E-state index in [0.717, 1.165) is 24.5 Å². The number of carbonyl (C=O) groups is 1. The summed E-state index contributed by atoms with van der Waals surface area (Å²) in [6, 6.07) is 8.03. The maximum atomic E-state index is 11.3. The highest BCUT2D eigenvalue weighted by atomic mass is 32.2. The molecule has 19 heavy (non-hydrogen) atoms. The summed E-state index contributed by atoms with van der Waals surface area (Å²) in [5.41, 5.74) is 1.19. The lowest BCUT2D eigenvalue weighted by Gasteiger charge is -2.20. The molecule has 0 fully saturated rings. The van der Waals surface area contributed by atoms with Crippen molar-refractivity contribution in [3.05, 3.63) is 29.8 Å². The third kappa shape index (κ3) is 5.66. The third-order valence-corrected chi connectivity index (χ3v) is 4.44. The molecule has 4 heteroatoms. The first-order valence-electron chi connectivity index (χ1n) is 6.75. The quantitative estimate of drug-likeness (QED) is 0.742. The molecule has 1 rings (SSSR count). The smallest absolute Gasteiger partial charge is 0.317 e. The van der Waals surface area contributed by atoms with Crippen molar-refractivity contribution in [1.82, 2.24) is 4.90 Å². The number of nitrogens with zero attached hydrogens (tertiary/aromatic N) is 1. The van der Waals surface area contributed by atoms with Crippen LogP contribution in [0.5, 0.6) is 0 Å². The van der Waals surface area contributed by atoms with Crippen molar-refractivity contribution in [3.63, 3.8) is 0 Å². The van der Waals surface area contributed by atoms with Gasteiger partial charge in [-0.3, -0.25) is 4.79 Å². The minimum absolute atomic E-state index is 0.372. The van der Waals surface area contributed by atoms with Gasteiger partial charge in [-0.25, -0.2) is 0 Å². The Morgan fingerprint density at radius 3 is 2.32 bits per heavy atom. The molecule has 0 saturated carbocycles. The van der Waals surface area contributed by atoms with Gasteiger partial charge in [-0.05, 0) is 45.1 Å². The van der Waals surface area contributed by atoms with Crippen LogP contribution in [0.3, 0.4) is 0 Å². The monoisotopic (exact) mass is 281 g/mol. The Bertz CT molecular complexity index is 388. The Balaban J connectivity index is 2.58. The number of hydrogen-bond donors (Lipinski definition) is 1. The molecule has 1 unspecified atom stereocenters. The molecule has 1 aromatic rings. The number of benzene rings is 1. The Labute approximate surface area is 120 Å². The molecule has 1 N–H and O–H groups in total. The van der Waals surface area contributed by atoms with E-state index in [1.165, 1.54) is 17.3 Å². The predicted octanol–water partition coefficient (Wildman–Crippen LogP) is 3.27. The molecule has 0 bridgehead atoms. The number of rotatable bonds is 8. The number of carboxylic acid groups (broad SMARTS) is 1. The van der Waals surface area contributed by atoms with E-state index in [4.69, 9.17) is 0 Å². The van der Waals surface area contributed by atoms with Gasteiger partial charge in [0.2, 0.25) is 0 Å². The van der Waals surface area contributed by atoms with E-state index in [1.54, 1.807) is 0 Å². The zero-order valence-electron chi connectivity index (χ0n) is 11.9. The Morgan fingerprint density at radius 2 is 1.84 bits per heavy atom. The van der Waals surface area contributed by atoms with E-state index in [-0.39, 0.29) is 5.25 Å². The van der Waals surface area contributed by atoms with Gasteiger partial charge in [0.1, 0.15) is 5.25 Å². The molecular weight excluding hydrogens is 258 g/mol. The van der Waals surface area contributed by atoms with Gasteiger partial charge in [0.25, 0.3) is 0 Å². The summed E-state index contributed by atoms with van der Waals surface area (Å²) in [4.78, 5) is 14.6. The standard InChI is InChI=1S/C15H23NO2S/c1-4-16(5-2)11-10-14(15(17)18)19-13-8-6-12(3)7-9-13/h6-9,14H,4-5,10-11H2,1-3H3,(H,17,18). The van der Waals surface area contributed by atoms with Gasteiger partial charge in [0.15, 0.2) is 0 Å². The molecule has 0 amide bonds. The molecule has 1 aromatic carbocycles. The third-order valence-electron chi connectivity index (χ3n) is 3.18. The fourth-order valence-electron chi connectivity index (χ4n) is 1.85. The molecule has 0 aliphatic rings.